The van der Waals surface area contributed by atoms with Gasteiger partial charge in [0.1, 0.15) is 5.82 Å². The van der Waals surface area contributed by atoms with Gasteiger partial charge in [0.2, 0.25) is 5.91 Å². The number of amides is 1. The average molecular weight is 495 g/mol. The van der Waals surface area contributed by atoms with E-state index in [0.29, 0.717) is 17.6 Å². The van der Waals surface area contributed by atoms with Gasteiger partial charge < -0.3 is 15.6 Å². The van der Waals surface area contributed by atoms with Crippen LogP contribution in [0.15, 0.2) is 67.0 Å². The molecule has 2 aliphatic rings. The van der Waals surface area contributed by atoms with Crippen molar-refractivity contribution in [1.29, 1.82) is 0 Å². The molecular weight excluding hydrogens is 460 g/mol. The molecular formula is C30H34N6O. The zero-order valence-corrected chi connectivity index (χ0v) is 21.1. The number of anilines is 1. The summed E-state index contributed by atoms with van der Waals surface area (Å²) in [4.78, 5) is 30.6. The summed E-state index contributed by atoms with van der Waals surface area (Å²) < 4.78 is 0. The molecule has 0 aliphatic carbocycles. The molecule has 7 nitrogen and oxygen atoms in total. The van der Waals surface area contributed by atoms with Crippen LogP contribution in [0.3, 0.4) is 0 Å². The van der Waals surface area contributed by atoms with E-state index in [-0.39, 0.29) is 5.92 Å². The molecule has 6 rings (SSSR count). The Hall–Kier alpha value is -3.71. The molecule has 0 spiro atoms. The second kappa shape index (κ2) is 10.3. The highest BCUT2D eigenvalue weighted by Crippen LogP contribution is 2.39. The average Bonchev–Trinajstić information content (AvgIpc) is 3.33. The summed E-state index contributed by atoms with van der Waals surface area (Å²) in [6.07, 6.45) is 7.54. The number of nitrogens with two attached hydrogens (primary N) is 1. The maximum atomic E-state index is 13.7. The lowest BCUT2D eigenvalue weighted by atomic mass is 9.86. The van der Waals surface area contributed by atoms with Crippen LogP contribution in [0.1, 0.15) is 42.7 Å². The molecule has 37 heavy (non-hydrogen) atoms. The monoisotopic (exact) mass is 494 g/mol. The number of aromatic amines is 1. The van der Waals surface area contributed by atoms with Crippen molar-refractivity contribution in [1.82, 2.24) is 24.8 Å². The third kappa shape index (κ3) is 4.96. The number of likely N-dealkylation sites (tertiary alicyclic amines) is 2. The largest absolute Gasteiger partial charge is 0.384 e. The van der Waals surface area contributed by atoms with Crippen LogP contribution >= 0.6 is 0 Å². The maximum absolute atomic E-state index is 13.7. The zero-order valence-electron chi connectivity index (χ0n) is 21.1. The van der Waals surface area contributed by atoms with Crippen molar-refractivity contribution in [2.24, 2.45) is 5.92 Å². The van der Waals surface area contributed by atoms with Gasteiger partial charge in [-0.15, -0.1) is 0 Å². The minimum Gasteiger partial charge on any atom is -0.384 e. The highest BCUT2D eigenvalue weighted by Gasteiger charge is 2.33. The molecule has 1 aromatic carbocycles. The number of fused-ring (bicyclic) bond motifs is 1. The summed E-state index contributed by atoms with van der Waals surface area (Å²) in [5.74, 6) is 1.29. The molecule has 7 heteroatoms. The Labute approximate surface area is 217 Å². The van der Waals surface area contributed by atoms with Gasteiger partial charge in [-0.2, -0.15) is 0 Å². The second-order valence-electron chi connectivity index (χ2n) is 10.4. The highest BCUT2D eigenvalue weighted by molar-refractivity contribution is 5.91. The fraction of sp³-hybridized carbons (Fsp3) is 0.367. The molecule has 2 fully saturated rings. The third-order valence-electron chi connectivity index (χ3n) is 8.00. The smallest absolute Gasteiger partial charge is 0.225 e. The zero-order chi connectivity index (χ0) is 25.2. The van der Waals surface area contributed by atoms with Gasteiger partial charge in [0.05, 0.1) is 11.4 Å². The number of benzene rings is 1. The van der Waals surface area contributed by atoms with E-state index in [4.69, 9.17) is 5.73 Å². The van der Waals surface area contributed by atoms with Gasteiger partial charge >= 0.3 is 0 Å². The number of H-pyrrole nitrogens is 1. The van der Waals surface area contributed by atoms with E-state index in [1.807, 2.05) is 30.5 Å². The van der Waals surface area contributed by atoms with E-state index >= 15 is 0 Å². The molecule has 5 heterocycles. The number of hydrogen-bond donors (Lipinski definition) is 2. The minimum atomic E-state index is 0.107. The third-order valence-corrected chi connectivity index (χ3v) is 8.00. The quantitative estimate of drug-likeness (QED) is 0.415. The van der Waals surface area contributed by atoms with Crippen molar-refractivity contribution >= 4 is 22.6 Å². The normalized spacial score (nSPS) is 19.4. The fourth-order valence-electron chi connectivity index (χ4n) is 6.16. The molecule has 0 radical (unpaired) electrons. The van der Waals surface area contributed by atoms with Crippen LogP contribution in [0.2, 0.25) is 0 Å². The molecule has 2 saturated heterocycles. The van der Waals surface area contributed by atoms with Crippen LogP contribution in [0, 0.1) is 5.92 Å². The molecule has 1 amide bonds. The summed E-state index contributed by atoms with van der Waals surface area (Å²) >= 11 is 0. The van der Waals surface area contributed by atoms with Gasteiger partial charge in [0, 0.05) is 54.8 Å². The summed E-state index contributed by atoms with van der Waals surface area (Å²) in [6.45, 7) is 4.35. The summed E-state index contributed by atoms with van der Waals surface area (Å²) in [5.41, 5.74) is 11.5. The van der Waals surface area contributed by atoms with Crippen molar-refractivity contribution in [3.63, 3.8) is 0 Å². The predicted octanol–water partition coefficient (Wildman–Crippen LogP) is 4.83. The molecule has 3 aromatic heterocycles. The van der Waals surface area contributed by atoms with Gasteiger partial charge in [-0.1, -0.05) is 24.3 Å². The summed E-state index contributed by atoms with van der Waals surface area (Å²) in [6, 6.07) is 18.5. The second-order valence-corrected chi connectivity index (χ2v) is 10.4. The van der Waals surface area contributed by atoms with E-state index < -0.39 is 0 Å². The van der Waals surface area contributed by atoms with Crippen molar-refractivity contribution in [2.75, 3.05) is 31.9 Å². The standard InChI is InChI=1S/C30H34N6O/c31-27-18-21(10-14-33-27)19-35-16-11-22(12-17-35)30(37)36-15-5-6-23(20-36)28-24-7-1-2-8-25(24)34-29(28)26-9-3-4-13-32-26/h1-4,7-10,13-14,18,22-23,34H,5-6,11-12,15-17,19-20H2,(H2,31,33). The van der Waals surface area contributed by atoms with Gasteiger partial charge in [-0.3, -0.25) is 14.7 Å². The molecule has 1 atom stereocenters. The minimum absolute atomic E-state index is 0.107. The topological polar surface area (TPSA) is 91.1 Å². The molecule has 3 N–H and O–H groups in total. The van der Waals surface area contributed by atoms with Gasteiger partial charge in [-0.05, 0) is 80.2 Å². The number of pyridine rings is 2. The molecule has 4 aromatic rings. The van der Waals surface area contributed by atoms with Crippen LogP contribution in [0.5, 0.6) is 0 Å². The Kier molecular flexibility index (Phi) is 6.62. The van der Waals surface area contributed by atoms with E-state index in [1.54, 1.807) is 6.20 Å². The molecule has 1 unspecified atom stereocenters. The number of nitrogens with zero attached hydrogens (tertiary/aromatic N) is 4. The van der Waals surface area contributed by atoms with Crippen molar-refractivity contribution in [3.05, 3.63) is 78.1 Å². The fourth-order valence-corrected chi connectivity index (χ4v) is 6.16. The molecule has 2 aliphatic heterocycles. The Morgan fingerprint density at radius 1 is 0.973 bits per heavy atom. The number of rotatable bonds is 5. The number of nitrogen functional groups attached to an aromatic ring is 1. The SMILES string of the molecule is Nc1cc(CN2CCC(C(=O)N3CCCC(c4c(-c5ccccn5)[nH]c5ccccc45)C3)CC2)ccn1. The number of aromatic nitrogens is 3. The van der Waals surface area contributed by atoms with Crippen LogP contribution in [-0.4, -0.2) is 56.8 Å². The lowest BCUT2D eigenvalue weighted by molar-refractivity contribution is -0.138. The maximum Gasteiger partial charge on any atom is 0.225 e. The number of carbonyl (C=O) groups is 1. The van der Waals surface area contributed by atoms with Crippen LogP contribution < -0.4 is 5.73 Å². The van der Waals surface area contributed by atoms with Crippen LogP contribution in [-0.2, 0) is 11.3 Å². The number of para-hydroxylation sites is 1. The number of piperidine rings is 2. The van der Waals surface area contributed by atoms with Crippen LogP contribution in [0.4, 0.5) is 5.82 Å². The predicted molar refractivity (Wildman–Crippen MR) is 147 cm³/mol. The number of nitrogens with one attached hydrogen (secondary N) is 1. The first-order valence-electron chi connectivity index (χ1n) is 13.4. The van der Waals surface area contributed by atoms with Crippen molar-refractivity contribution < 1.29 is 4.79 Å². The number of hydrogen-bond acceptors (Lipinski definition) is 5. The summed E-state index contributed by atoms with van der Waals surface area (Å²) in [7, 11) is 0. The lowest BCUT2D eigenvalue weighted by Crippen LogP contribution is -2.45. The molecule has 0 saturated carbocycles. The Balaban J connectivity index is 1.16. The first-order valence-corrected chi connectivity index (χ1v) is 13.4. The molecule has 190 valence electrons. The van der Waals surface area contributed by atoms with Gasteiger partial charge in [0.25, 0.3) is 0 Å². The Morgan fingerprint density at radius 3 is 2.62 bits per heavy atom. The van der Waals surface area contributed by atoms with Gasteiger partial charge in [0.15, 0.2) is 0 Å². The van der Waals surface area contributed by atoms with E-state index in [2.05, 4.69) is 55.1 Å². The van der Waals surface area contributed by atoms with Crippen molar-refractivity contribution in [3.8, 4) is 11.4 Å². The molecule has 0 bridgehead atoms. The van der Waals surface area contributed by atoms with E-state index in [0.717, 1.165) is 75.3 Å². The van der Waals surface area contributed by atoms with E-state index in [9.17, 15) is 4.79 Å². The first-order chi connectivity index (χ1) is 18.2. The highest BCUT2D eigenvalue weighted by atomic mass is 16.2. The Morgan fingerprint density at radius 2 is 1.81 bits per heavy atom. The van der Waals surface area contributed by atoms with Gasteiger partial charge in [-0.25, -0.2) is 4.98 Å². The number of carbonyl (C=O) groups excluding carboxylic acids is 1. The Bertz CT molecular complexity index is 1380. The van der Waals surface area contributed by atoms with Crippen LogP contribution in [0.25, 0.3) is 22.3 Å². The lowest BCUT2D eigenvalue weighted by Gasteiger charge is -2.38. The first kappa shape index (κ1) is 23.7. The van der Waals surface area contributed by atoms with E-state index in [1.165, 1.54) is 16.5 Å². The van der Waals surface area contributed by atoms with Crippen molar-refractivity contribution in [2.45, 2.75) is 38.1 Å². The summed E-state index contributed by atoms with van der Waals surface area (Å²) in [5, 5.41) is 1.24.